The number of nitrogens with two attached hydrogens (primary N) is 1. The smallest absolute Gasteiger partial charge is 0.323 e. The molecule has 1 aromatic rings. The quantitative estimate of drug-likeness (QED) is 0.743. The average molecular weight is 299 g/mol. The molecule has 1 rings (SSSR count). The van der Waals surface area contributed by atoms with Gasteiger partial charge in [0.05, 0.1) is 11.1 Å². The summed E-state index contributed by atoms with van der Waals surface area (Å²) in [5.74, 6) is 0. The van der Waals surface area contributed by atoms with Crippen LogP contribution < -0.4 is 5.73 Å². The maximum Gasteiger partial charge on any atom is 0.416 e. The molecule has 1 atom stereocenters. The van der Waals surface area contributed by atoms with Gasteiger partial charge in [-0.25, -0.2) is 0 Å². The van der Waals surface area contributed by atoms with Crippen molar-refractivity contribution in [2.24, 2.45) is 11.1 Å². The van der Waals surface area contributed by atoms with Crippen LogP contribution in [0.1, 0.15) is 43.5 Å². The lowest BCUT2D eigenvalue weighted by molar-refractivity contribution is -0.142. The molecule has 20 heavy (non-hydrogen) atoms. The summed E-state index contributed by atoms with van der Waals surface area (Å²) < 4.78 is 76.6. The Morgan fingerprint density at radius 3 is 1.75 bits per heavy atom. The Hall–Kier alpha value is -1.24. The van der Waals surface area contributed by atoms with Gasteiger partial charge in [0.15, 0.2) is 0 Å². The van der Waals surface area contributed by atoms with Crippen LogP contribution in [0.5, 0.6) is 0 Å². The van der Waals surface area contributed by atoms with E-state index in [4.69, 9.17) is 5.73 Å². The zero-order valence-corrected chi connectivity index (χ0v) is 11.2. The second-order valence-electron chi connectivity index (χ2n) is 5.64. The Morgan fingerprint density at radius 2 is 1.40 bits per heavy atom. The molecule has 7 heteroatoms. The Kier molecular flexibility index (Phi) is 4.16. The third kappa shape index (κ3) is 3.65. The number of halogens is 6. The van der Waals surface area contributed by atoms with Gasteiger partial charge in [-0.2, -0.15) is 26.3 Å². The van der Waals surface area contributed by atoms with Crippen LogP contribution in [0.4, 0.5) is 26.3 Å². The second-order valence-corrected chi connectivity index (χ2v) is 5.64. The van der Waals surface area contributed by atoms with Gasteiger partial charge < -0.3 is 5.73 Å². The van der Waals surface area contributed by atoms with Crippen LogP contribution in [0.25, 0.3) is 0 Å². The van der Waals surface area contributed by atoms with Crippen molar-refractivity contribution in [1.29, 1.82) is 0 Å². The Labute approximate surface area is 112 Å². The predicted molar refractivity (Wildman–Crippen MR) is 62.8 cm³/mol. The molecule has 0 amide bonds. The Bertz CT molecular complexity index is 481. The van der Waals surface area contributed by atoms with Crippen LogP contribution in [0.2, 0.25) is 0 Å². The van der Waals surface area contributed by atoms with E-state index in [0.29, 0.717) is 18.2 Å². The third-order valence-electron chi connectivity index (χ3n) is 2.95. The first-order chi connectivity index (χ1) is 8.74. The molecule has 0 saturated carbocycles. The molecule has 0 aliphatic heterocycles. The minimum Gasteiger partial charge on any atom is -0.323 e. The van der Waals surface area contributed by atoms with Crippen molar-refractivity contribution in [3.8, 4) is 0 Å². The fourth-order valence-electron chi connectivity index (χ4n) is 1.72. The van der Waals surface area contributed by atoms with Gasteiger partial charge in [-0.05, 0) is 29.2 Å². The van der Waals surface area contributed by atoms with Crippen molar-refractivity contribution in [3.05, 3.63) is 34.9 Å². The summed E-state index contributed by atoms with van der Waals surface area (Å²) in [6, 6.07) is 0.172. The van der Waals surface area contributed by atoms with Gasteiger partial charge in [0, 0.05) is 6.04 Å². The first-order valence-electron chi connectivity index (χ1n) is 5.78. The monoisotopic (exact) mass is 299 g/mol. The molecule has 0 spiro atoms. The highest BCUT2D eigenvalue weighted by Crippen LogP contribution is 2.41. The highest BCUT2D eigenvalue weighted by Gasteiger charge is 2.39. The number of benzene rings is 1. The van der Waals surface area contributed by atoms with Gasteiger partial charge in [0.25, 0.3) is 0 Å². The molecular weight excluding hydrogens is 284 g/mol. The fourth-order valence-corrected chi connectivity index (χ4v) is 1.72. The number of alkyl halides is 6. The second kappa shape index (κ2) is 4.95. The first kappa shape index (κ1) is 16.8. The van der Waals surface area contributed by atoms with Crippen LogP contribution in [-0.4, -0.2) is 0 Å². The molecule has 1 nitrogen and oxygen atoms in total. The van der Waals surface area contributed by atoms with Crippen LogP contribution in [0.15, 0.2) is 18.2 Å². The summed E-state index contributed by atoms with van der Waals surface area (Å²) in [6.45, 7) is 4.70. The number of rotatable bonds is 1. The predicted octanol–water partition coefficient (Wildman–Crippen LogP) is 4.77. The maximum atomic E-state index is 12.9. The van der Waals surface area contributed by atoms with Crippen molar-refractivity contribution in [3.63, 3.8) is 0 Å². The summed E-state index contributed by atoms with van der Waals surface area (Å²) in [4.78, 5) is 0. The molecule has 0 aliphatic rings. The van der Waals surface area contributed by atoms with Gasteiger partial charge in [0.2, 0.25) is 0 Å². The van der Waals surface area contributed by atoms with E-state index in [2.05, 4.69) is 0 Å². The van der Waals surface area contributed by atoms with Crippen molar-refractivity contribution in [2.75, 3.05) is 0 Å². The van der Waals surface area contributed by atoms with E-state index in [1.807, 2.05) is 0 Å². The minimum atomic E-state index is -4.75. The highest BCUT2D eigenvalue weighted by atomic mass is 19.4. The Morgan fingerprint density at radius 1 is 0.900 bits per heavy atom. The van der Waals surface area contributed by atoms with Crippen LogP contribution >= 0.6 is 0 Å². The zero-order valence-electron chi connectivity index (χ0n) is 11.2. The van der Waals surface area contributed by atoms with Gasteiger partial charge in [-0.15, -0.1) is 0 Å². The van der Waals surface area contributed by atoms with Gasteiger partial charge in [-0.1, -0.05) is 20.8 Å². The molecule has 1 aromatic carbocycles. The van der Waals surface area contributed by atoms with Crippen LogP contribution in [-0.2, 0) is 12.4 Å². The summed E-state index contributed by atoms with van der Waals surface area (Å²) in [5.41, 5.74) is 2.10. The van der Waals surface area contributed by atoms with Gasteiger partial charge >= 0.3 is 12.4 Å². The van der Waals surface area contributed by atoms with E-state index in [1.54, 1.807) is 20.8 Å². The molecule has 0 aliphatic carbocycles. The lowest BCUT2D eigenvalue weighted by Crippen LogP contribution is -2.29. The van der Waals surface area contributed by atoms with Crippen molar-refractivity contribution in [1.82, 2.24) is 0 Å². The van der Waals surface area contributed by atoms with Crippen molar-refractivity contribution >= 4 is 0 Å². The normalized spacial score (nSPS) is 15.3. The highest BCUT2D eigenvalue weighted by molar-refractivity contribution is 5.38. The molecular formula is C13H15F6N. The molecule has 114 valence electrons. The Balaban J connectivity index is 3.50. The molecule has 0 fully saturated rings. The molecule has 0 aromatic heterocycles. The fraction of sp³-hybridized carbons (Fsp3) is 0.538. The number of hydrogen-bond acceptors (Lipinski definition) is 1. The standard InChI is InChI=1S/C13H15F6N/c1-11(2,3)10(20)8-6-7(12(14,15)16)4-5-9(8)13(17,18)19/h4-6,10H,20H2,1-3H3/t10-/m1/s1. The maximum absolute atomic E-state index is 12.9. The summed E-state index contributed by atoms with van der Waals surface area (Å²) >= 11 is 0. The molecule has 0 bridgehead atoms. The molecule has 2 N–H and O–H groups in total. The lowest BCUT2D eigenvalue weighted by Gasteiger charge is -2.30. The number of hydrogen-bond donors (Lipinski definition) is 1. The van der Waals surface area contributed by atoms with Crippen molar-refractivity contribution < 1.29 is 26.3 Å². The first-order valence-corrected chi connectivity index (χ1v) is 5.78. The SMILES string of the molecule is CC(C)(C)[C@H](N)c1cc(C(F)(F)F)ccc1C(F)(F)F. The van der Waals surface area contributed by atoms with E-state index in [0.717, 1.165) is 0 Å². The third-order valence-corrected chi connectivity index (χ3v) is 2.95. The largest absolute Gasteiger partial charge is 0.416 e. The minimum absolute atomic E-state index is 0.418. The van der Waals surface area contributed by atoms with Gasteiger partial charge in [-0.3, -0.25) is 0 Å². The average Bonchev–Trinajstić information content (AvgIpc) is 2.23. The lowest BCUT2D eigenvalue weighted by atomic mass is 9.80. The van der Waals surface area contributed by atoms with Crippen LogP contribution in [0, 0.1) is 5.41 Å². The van der Waals surface area contributed by atoms with Crippen LogP contribution in [0.3, 0.4) is 0 Å². The molecule has 0 unspecified atom stereocenters. The molecule has 0 heterocycles. The zero-order chi connectivity index (χ0) is 15.9. The molecule has 0 radical (unpaired) electrons. The van der Waals surface area contributed by atoms with Crippen molar-refractivity contribution in [2.45, 2.75) is 39.2 Å². The van der Waals surface area contributed by atoms with E-state index < -0.39 is 40.5 Å². The summed E-state index contributed by atoms with van der Waals surface area (Å²) in [7, 11) is 0. The van der Waals surface area contributed by atoms with E-state index in [-0.39, 0.29) is 0 Å². The molecule has 0 saturated heterocycles. The summed E-state index contributed by atoms with van der Waals surface area (Å²) in [6.07, 6.45) is -9.46. The van der Waals surface area contributed by atoms with E-state index in [9.17, 15) is 26.3 Å². The van der Waals surface area contributed by atoms with E-state index >= 15 is 0 Å². The summed E-state index contributed by atoms with van der Waals surface area (Å²) in [5, 5.41) is 0. The van der Waals surface area contributed by atoms with Gasteiger partial charge in [0.1, 0.15) is 0 Å². The van der Waals surface area contributed by atoms with E-state index in [1.165, 1.54) is 0 Å². The topological polar surface area (TPSA) is 26.0 Å².